The van der Waals surface area contributed by atoms with Gasteiger partial charge in [0.1, 0.15) is 0 Å². The van der Waals surface area contributed by atoms with Crippen LogP contribution in [0.25, 0.3) is 0 Å². The van der Waals surface area contributed by atoms with Gasteiger partial charge in [-0.3, -0.25) is 4.72 Å². The minimum atomic E-state index is -4.13. The molecule has 106 valence electrons. The first-order valence-corrected chi connectivity index (χ1v) is 8.08. The van der Waals surface area contributed by atoms with Gasteiger partial charge in [0.05, 0.1) is 21.2 Å². The lowest BCUT2D eigenvalue weighted by molar-refractivity contribution is 0.0687. The Labute approximate surface area is 128 Å². The first-order chi connectivity index (χ1) is 9.33. The van der Waals surface area contributed by atoms with Crippen molar-refractivity contribution >= 4 is 56.2 Å². The average Bonchev–Trinajstić information content (AvgIpc) is 2.84. The lowest BCUT2D eigenvalue weighted by Crippen LogP contribution is -2.15. The Balaban J connectivity index is 2.47. The zero-order valence-electron chi connectivity index (χ0n) is 9.50. The van der Waals surface area contributed by atoms with Crippen LogP contribution in [0.5, 0.6) is 0 Å². The number of halogens is 2. The molecule has 20 heavy (non-hydrogen) atoms. The fourth-order valence-electron chi connectivity index (χ4n) is 1.34. The molecule has 2 aromatic rings. The van der Waals surface area contributed by atoms with Crippen molar-refractivity contribution < 1.29 is 18.3 Å². The molecule has 6 nitrogen and oxygen atoms in total. The minimum Gasteiger partial charge on any atom is -0.476 e. The van der Waals surface area contributed by atoms with Crippen molar-refractivity contribution in [3.8, 4) is 0 Å². The van der Waals surface area contributed by atoms with Crippen LogP contribution in [0.1, 0.15) is 10.5 Å². The third-order valence-electron chi connectivity index (χ3n) is 2.18. The SMILES string of the molecule is O=C(O)c1ncsc1S(=O)(=O)Nc1c(Cl)cccc1Cl. The van der Waals surface area contributed by atoms with E-state index >= 15 is 0 Å². The quantitative estimate of drug-likeness (QED) is 0.881. The molecule has 2 N–H and O–H groups in total. The normalized spacial score (nSPS) is 11.3. The molecule has 0 fully saturated rings. The number of carbonyl (C=O) groups is 1. The first kappa shape index (κ1) is 15.0. The highest BCUT2D eigenvalue weighted by Crippen LogP contribution is 2.33. The van der Waals surface area contributed by atoms with E-state index in [9.17, 15) is 13.2 Å². The molecule has 10 heteroatoms. The molecule has 2 rings (SSSR count). The molecule has 0 unspecified atom stereocenters. The molecule has 0 saturated carbocycles. The number of nitrogens with zero attached hydrogens (tertiary/aromatic N) is 1. The maximum absolute atomic E-state index is 12.2. The molecule has 0 aliphatic carbocycles. The smallest absolute Gasteiger partial charge is 0.356 e. The molecule has 1 aromatic heterocycles. The fraction of sp³-hybridized carbons (Fsp3) is 0. The molecular weight excluding hydrogens is 347 g/mol. The van der Waals surface area contributed by atoms with Gasteiger partial charge in [-0.1, -0.05) is 29.3 Å². The Morgan fingerprint density at radius 1 is 1.30 bits per heavy atom. The molecule has 0 radical (unpaired) electrons. The van der Waals surface area contributed by atoms with E-state index in [4.69, 9.17) is 28.3 Å². The minimum absolute atomic E-state index is 0.0134. The van der Waals surface area contributed by atoms with Crippen molar-refractivity contribution in [3.63, 3.8) is 0 Å². The predicted molar refractivity (Wildman–Crippen MR) is 76.3 cm³/mol. The van der Waals surface area contributed by atoms with E-state index in [-0.39, 0.29) is 15.7 Å². The molecule has 0 saturated heterocycles. The van der Waals surface area contributed by atoms with Gasteiger partial charge >= 0.3 is 5.97 Å². The molecule has 1 aromatic carbocycles. The zero-order chi connectivity index (χ0) is 14.9. The summed E-state index contributed by atoms with van der Waals surface area (Å²) < 4.78 is 26.1. The molecular formula is C10H6Cl2N2O4S2. The van der Waals surface area contributed by atoms with Crippen LogP contribution >= 0.6 is 34.5 Å². The predicted octanol–water partition coefficient (Wildman–Crippen LogP) is 2.95. The summed E-state index contributed by atoms with van der Waals surface area (Å²) in [6.45, 7) is 0. The van der Waals surface area contributed by atoms with Crippen molar-refractivity contribution in [2.45, 2.75) is 4.21 Å². The second kappa shape index (κ2) is 5.57. The number of carboxylic acids is 1. The molecule has 0 aliphatic rings. The van der Waals surface area contributed by atoms with Crippen molar-refractivity contribution in [2.24, 2.45) is 0 Å². The van der Waals surface area contributed by atoms with Gasteiger partial charge in [-0.05, 0) is 12.1 Å². The van der Waals surface area contributed by atoms with Crippen molar-refractivity contribution in [1.29, 1.82) is 0 Å². The number of thiazole rings is 1. The van der Waals surface area contributed by atoms with Gasteiger partial charge in [-0.15, -0.1) is 11.3 Å². The molecule has 0 aliphatic heterocycles. The lowest BCUT2D eigenvalue weighted by Gasteiger charge is -2.10. The second-order valence-corrected chi connectivity index (χ2v) is 7.04. The van der Waals surface area contributed by atoms with E-state index in [1.807, 2.05) is 0 Å². The van der Waals surface area contributed by atoms with E-state index < -0.39 is 25.9 Å². The number of hydrogen-bond donors (Lipinski definition) is 2. The monoisotopic (exact) mass is 352 g/mol. The highest BCUT2D eigenvalue weighted by Gasteiger charge is 2.27. The maximum atomic E-state index is 12.2. The van der Waals surface area contributed by atoms with Crippen LogP contribution in [0.4, 0.5) is 5.69 Å². The summed E-state index contributed by atoms with van der Waals surface area (Å²) in [6.07, 6.45) is 0. The van der Waals surface area contributed by atoms with E-state index in [1.165, 1.54) is 12.1 Å². The summed E-state index contributed by atoms with van der Waals surface area (Å²) in [7, 11) is -4.13. The number of aromatic carboxylic acids is 1. The van der Waals surface area contributed by atoms with Gasteiger partial charge in [0.15, 0.2) is 9.90 Å². The third-order valence-corrected chi connectivity index (χ3v) is 5.53. The second-order valence-electron chi connectivity index (χ2n) is 3.50. The molecule has 0 spiro atoms. The van der Waals surface area contributed by atoms with Crippen LogP contribution in [0.3, 0.4) is 0 Å². The molecule has 1 heterocycles. The van der Waals surface area contributed by atoms with E-state index in [2.05, 4.69) is 9.71 Å². The number of rotatable bonds is 4. The number of anilines is 1. The van der Waals surface area contributed by atoms with E-state index in [0.717, 1.165) is 5.51 Å². The Morgan fingerprint density at radius 3 is 2.45 bits per heavy atom. The lowest BCUT2D eigenvalue weighted by atomic mass is 10.3. The summed E-state index contributed by atoms with van der Waals surface area (Å²) in [4.78, 5) is 14.4. The van der Waals surface area contributed by atoms with Crippen LogP contribution in [-0.4, -0.2) is 24.5 Å². The number of aromatic nitrogens is 1. The fourth-order valence-corrected chi connectivity index (χ4v) is 4.19. The van der Waals surface area contributed by atoms with Gasteiger partial charge in [-0.25, -0.2) is 18.2 Å². The van der Waals surface area contributed by atoms with Crippen LogP contribution in [0.15, 0.2) is 27.9 Å². The van der Waals surface area contributed by atoms with Gasteiger partial charge in [0, 0.05) is 0 Å². The topological polar surface area (TPSA) is 96.4 Å². The van der Waals surface area contributed by atoms with Crippen LogP contribution < -0.4 is 4.72 Å². The van der Waals surface area contributed by atoms with Gasteiger partial charge in [0.25, 0.3) is 10.0 Å². The number of sulfonamides is 1. The molecule has 0 bridgehead atoms. The average molecular weight is 353 g/mol. The van der Waals surface area contributed by atoms with Gasteiger partial charge in [-0.2, -0.15) is 0 Å². The van der Waals surface area contributed by atoms with Crippen LogP contribution in [0, 0.1) is 0 Å². The Hall–Kier alpha value is -1.35. The molecule has 0 amide bonds. The number of benzene rings is 1. The standard InChI is InChI=1S/C10H6Cl2N2O4S2/c11-5-2-1-3-6(12)7(5)14-20(17,18)10-8(9(15)16)13-4-19-10/h1-4,14H,(H,15,16). The zero-order valence-corrected chi connectivity index (χ0v) is 12.6. The largest absolute Gasteiger partial charge is 0.476 e. The first-order valence-electron chi connectivity index (χ1n) is 4.96. The van der Waals surface area contributed by atoms with Crippen LogP contribution in [0.2, 0.25) is 10.0 Å². The summed E-state index contributed by atoms with van der Waals surface area (Å²) >= 11 is 12.4. The van der Waals surface area contributed by atoms with E-state index in [0.29, 0.717) is 11.3 Å². The Bertz CT molecular complexity index is 753. The van der Waals surface area contributed by atoms with Gasteiger partial charge in [0.2, 0.25) is 0 Å². The number of hydrogen-bond acceptors (Lipinski definition) is 5. The van der Waals surface area contributed by atoms with E-state index in [1.54, 1.807) is 6.07 Å². The summed E-state index contributed by atoms with van der Waals surface area (Å²) in [5.74, 6) is -1.43. The highest BCUT2D eigenvalue weighted by atomic mass is 35.5. The Kier molecular flexibility index (Phi) is 4.19. The van der Waals surface area contributed by atoms with Gasteiger partial charge < -0.3 is 5.11 Å². The Morgan fingerprint density at radius 2 is 1.90 bits per heavy atom. The number of nitrogens with one attached hydrogen (secondary N) is 1. The van der Waals surface area contributed by atoms with Crippen LogP contribution in [-0.2, 0) is 10.0 Å². The third kappa shape index (κ3) is 2.88. The maximum Gasteiger partial charge on any atom is 0.356 e. The number of carboxylic acid groups (broad SMARTS) is 1. The van der Waals surface area contributed by atoms with Crippen molar-refractivity contribution in [2.75, 3.05) is 4.72 Å². The highest BCUT2D eigenvalue weighted by molar-refractivity contribution is 7.94. The van der Waals surface area contributed by atoms with Crippen molar-refractivity contribution in [1.82, 2.24) is 4.98 Å². The van der Waals surface area contributed by atoms with Crippen molar-refractivity contribution in [3.05, 3.63) is 39.4 Å². The summed E-state index contributed by atoms with van der Waals surface area (Å²) in [6, 6.07) is 4.46. The summed E-state index contributed by atoms with van der Waals surface area (Å²) in [5.41, 5.74) is 0.568. The summed E-state index contributed by atoms with van der Waals surface area (Å²) in [5, 5.41) is 9.09. The number of para-hydroxylation sites is 1. The molecule has 0 atom stereocenters.